The molecule has 1 N–H and O–H groups in total. The number of benzene rings is 1. The van der Waals surface area contributed by atoms with Gasteiger partial charge in [-0.1, -0.05) is 38.5 Å². The van der Waals surface area contributed by atoms with Crippen molar-refractivity contribution >= 4 is 15.9 Å². The number of methoxy groups -OCH3 is 1. The molecule has 1 saturated heterocycles. The number of nitrogens with one attached hydrogen (secondary N) is 1. The molecule has 0 aromatic heterocycles. The zero-order valence-corrected chi connectivity index (χ0v) is 19.0. The van der Waals surface area contributed by atoms with Crippen LogP contribution in [0.25, 0.3) is 0 Å². The van der Waals surface area contributed by atoms with E-state index in [-0.39, 0.29) is 11.9 Å². The third-order valence-corrected chi connectivity index (χ3v) is 8.19. The highest BCUT2D eigenvalue weighted by Crippen LogP contribution is 2.27. The maximum Gasteiger partial charge on any atom is 0.243 e. The van der Waals surface area contributed by atoms with E-state index in [0.29, 0.717) is 36.6 Å². The van der Waals surface area contributed by atoms with Gasteiger partial charge >= 0.3 is 0 Å². The molecule has 0 unspecified atom stereocenters. The summed E-state index contributed by atoms with van der Waals surface area (Å²) in [6, 6.07) is 5.27. The van der Waals surface area contributed by atoms with Crippen molar-refractivity contribution in [2.75, 3.05) is 20.2 Å². The molecule has 0 bridgehead atoms. The third kappa shape index (κ3) is 6.20. The maximum absolute atomic E-state index is 13.0. The zero-order valence-electron chi connectivity index (χ0n) is 18.2. The van der Waals surface area contributed by atoms with Crippen LogP contribution in [0.5, 0.6) is 5.75 Å². The summed E-state index contributed by atoms with van der Waals surface area (Å²) in [5.41, 5.74) is 0.767. The molecule has 1 saturated carbocycles. The predicted molar refractivity (Wildman–Crippen MR) is 118 cm³/mol. The summed E-state index contributed by atoms with van der Waals surface area (Å²) < 4.78 is 33.0. The molecule has 1 amide bonds. The summed E-state index contributed by atoms with van der Waals surface area (Å²) in [4.78, 5) is 12.8. The molecule has 6 nitrogen and oxygen atoms in total. The second-order valence-electron chi connectivity index (χ2n) is 8.55. The summed E-state index contributed by atoms with van der Waals surface area (Å²) in [5, 5.41) is 3.18. The number of carbonyl (C=O) groups excluding carboxylic acids is 1. The van der Waals surface area contributed by atoms with Crippen LogP contribution in [0.2, 0.25) is 0 Å². The molecule has 0 atom stereocenters. The van der Waals surface area contributed by atoms with Crippen molar-refractivity contribution < 1.29 is 17.9 Å². The van der Waals surface area contributed by atoms with Gasteiger partial charge in [-0.15, -0.1) is 0 Å². The summed E-state index contributed by atoms with van der Waals surface area (Å²) in [6.45, 7) is 1.15. The lowest BCUT2D eigenvalue weighted by Crippen LogP contribution is -2.35. The SMILES string of the molecule is COc1ccc(S(=O)(=O)N2CCCCC2)cc1CCC(=O)NC1CCCCCCC1. The monoisotopic (exact) mass is 436 g/mol. The van der Waals surface area contributed by atoms with Gasteiger partial charge < -0.3 is 10.1 Å². The van der Waals surface area contributed by atoms with Gasteiger partial charge in [0.2, 0.25) is 15.9 Å². The minimum absolute atomic E-state index is 0.0342. The van der Waals surface area contributed by atoms with Gasteiger partial charge in [-0.05, 0) is 55.9 Å². The van der Waals surface area contributed by atoms with Gasteiger partial charge in [0, 0.05) is 25.6 Å². The van der Waals surface area contributed by atoms with E-state index >= 15 is 0 Å². The Morgan fingerprint density at radius 1 is 1.03 bits per heavy atom. The fourth-order valence-corrected chi connectivity index (χ4v) is 6.08. The topological polar surface area (TPSA) is 75.7 Å². The standard InChI is InChI=1S/C23H36N2O4S/c1-29-22-14-13-21(30(27,28)25-16-8-5-9-17-25)18-19(22)12-15-23(26)24-20-10-6-3-2-4-7-11-20/h13-14,18,20H,2-12,15-17H2,1H3,(H,24,26). The number of hydrogen-bond donors (Lipinski definition) is 1. The van der Waals surface area contributed by atoms with Gasteiger partial charge in [-0.25, -0.2) is 8.42 Å². The Labute approximate surface area is 181 Å². The molecule has 168 valence electrons. The molecule has 0 radical (unpaired) electrons. The van der Waals surface area contributed by atoms with E-state index < -0.39 is 10.0 Å². The van der Waals surface area contributed by atoms with Gasteiger partial charge in [0.05, 0.1) is 12.0 Å². The van der Waals surface area contributed by atoms with Crippen molar-refractivity contribution in [3.8, 4) is 5.75 Å². The lowest BCUT2D eigenvalue weighted by atomic mass is 9.96. The van der Waals surface area contributed by atoms with Crippen molar-refractivity contribution in [3.05, 3.63) is 23.8 Å². The van der Waals surface area contributed by atoms with Crippen LogP contribution in [0.1, 0.15) is 76.2 Å². The Kier molecular flexibility index (Phi) is 8.57. The lowest BCUT2D eigenvalue weighted by molar-refractivity contribution is -0.121. The fourth-order valence-electron chi connectivity index (χ4n) is 4.51. The van der Waals surface area contributed by atoms with E-state index in [0.717, 1.165) is 37.7 Å². The molecule has 2 aliphatic rings. The van der Waals surface area contributed by atoms with Crippen LogP contribution in [0.4, 0.5) is 0 Å². The Hall–Kier alpha value is -1.60. The Balaban J connectivity index is 1.64. The first-order valence-corrected chi connectivity index (χ1v) is 12.9. The van der Waals surface area contributed by atoms with Crippen LogP contribution < -0.4 is 10.1 Å². The molecular weight excluding hydrogens is 400 g/mol. The van der Waals surface area contributed by atoms with E-state index in [4.69, 9.17) is 4.74 Å². The molecule has 7 heteroatoms. The number of amides is 1. The van der Waals surface area contributed by atoms with E-state index in [2.05, 4.69) is 5.32 Å². The first-order valence-electron chi connectivity index (χ1n) is 11.5. The number of nitrogens with zero attached hydrogens (tertiary/aromatic N) is 1. The van der Waals surface area contributed by atoms with Gasteiger partial charge in [0.15, 0.2) is 0 Å². The Bertz CT molecular complexity index is 795. The van der Waals surface area contributed by atoms with E-state index in [1.165, 1.54) is 32.1 Å². The summed E-state index contributed by atoms with van der Waals surface area (Å²) in [6.07, 6.45) is 12.0. The average molecular weight is 437 g/mol. The highest BCUT2D eigenvalue weighted by Gasteiger charge is 2.26. The maximum atomic E-state index is 13.0. The molecule has 0 spiro atoms. The van der Waals surface area contributed by atoms with Crippen molar-refractivity contribution in [2.45, 2.75) is 88.0 Å². The number of sulfonamides is 1. The van der Waals surface area contributed by atoms with Crippen molar-refractivity contribution in [1.29, 1.82) is 0 Å². The number of hydrogen-bond acceptors (Lipinski definition) is 4. The van der Waals surface area contributed by atoms with Crippen LogP contribution in [0, 0.1) is 0 Å². The normalized spacial score (nSPS) is 19.6. The molecule has 2 fully saturated rings. The molecule has 1 aliphatic heterocycles. The van der Waals surface area contributed by atoms with Crippen LogP contribution >= 0.6 is 0 Å². The minimum atomic E-state index is -3.50. The second kappa shape index (κ2) is 11.1. The van der Waals surface area contributed by atoms with Crippen LogP contribution in [-0.4, -0.2) is 44.9 Å². The number of aryl methyl sites for hydroxylation is 1. The zero-order chi connectivity index (χ0) is 21.4. The van der Waals surface area contributed by atoms with Gasteiger partial charge in [-0.3, -0.25) is 4.79 Å². The highest BCUT2D eigenvalue weighted by molar-refractivity contribution is 7.89. The molecule has 1 aromatic rings. The highest BCUT2D eigenvalue weighted by atomic mass is 32.2. The summed E-state index contributed by atoms with van der Waals surface area (Å²) >= 11 is 0. The number of ether oxygens (including phenoxy) is 1. The van der Waals surface area contributed by atoms with E-state index in [1.807, 2.05) is 0 Å². The van der Waals surface area contributed by atoms with Crippen LogP contribution in [0.3, 0.4) is 0 Å². The average Bonchev–Trinajstić information content (AvgIpc) is 2.74. The fraction of sp³-hybridized carbons (Fsp3) is 0.696. The Morgan fingerprint density at radius 3 is 2.33 bits per heavy atom. The van der Waals surface area contributed by atoms with E-state index in [1.54, 1.807) is 29.6 Å². The number of rotatable bonds is 7. The second-order valence-corrected chi connectivity index (χ2v) is 10.5. The van der Waals surface area contributed by atoms with Crippen LogP contribution in [0.15, 0.2) is 23.1 Å². The van der Waals surface area contributed by atoms with Crippen LogP contribution in [-0.2, 0) is 21.2 Å². The Morgan fingerprint density at radius 2 is 1.67 bits per heavy atom. The molecule has 3 rings (SSSR count). The first kappa shape index (κ1) is 23.1. The molecular formula is C23H36N2O4S. The summed E-state index contributed by atoms with van der Waals surface area (Å²) in [7, 11) is -1.93. The molecule has 1 aromatic carbocycles. The lowest BCUT2D eigenvalue weighted by Gasteiger charge is -2.26. The van der Waals surface area contributed by atoms with Gasteiger partial charge in [-0.2, -0.15) is 4.31 Å². The quantitative estimate of drug-likeness (QED) is 0.700. The number of piperidine rings is 1. The minimum Gasteiger partial charge on any atom is -0.496 e. The molecule has 1 heterocycles. The van der Waals surface area contributed by atoms with E-state index in [9.17, 15) is 13.2 Å². The first-order chi connectivity index (χ1) is 14.5. The van der Waals surface area contributed by atoms with Crippen molar-refractivity contribution in [2.24, 2.45) is 0 Å². The smallest absolute Gasteiger partial charge is 0.243 e. The molecule has 1 aliphatic carbocycles. The van der Waals surface area contributed by atoms with Crippen molar-refractivity contribution in [3.63, 3.8) is 0 Å². The third-order valence-electron chi connectivity index (χ3n) is 6.30. The summed E-state index contributed by atoms with van der Waals surface area (Å²) in [5.74, 6) is 0.665. The number of carbonyl (C=O) groups is 1. The molecule has 30 heavy (non-hydrogen) atoms. The predicted octanol–water partition coefficient (Wildman–Crippen LogP) is 4.03. The van der Waals surface area contributed by atoms with Gasteiger partial charge in [0.1, 0.15) is 5.75 Å². The van der Waals surface area contributed by atoms with Crippen molar-refractivity contribution in [1.82, 2.24) is 9.62 Å². The largest absolute Gasteiger partial charge is 0.496 e. The van der Waals surface area contributed by atoms with Gasteiger partial charge in [0.25, 0.3) is 0 Å².